The van der Waals surface area contributed by atoms with E-state index >= 15 is 0 Å². The Balaban J connectivity index is 2.23. The van der Waals surface area contributed by atoms with Crippen LogP contribution in [0.4, 0.5) is 5.82 Å². The Morgan fingerprint density at radius 2 is 2.29 bits per heavy atom. The molecule has 0 atom stereocenters. The van der Waals surface area contributed by atoms with Crippen LogP contribution in [0.3, 0.4) is 0 Å². The molecule has 1 N–H and O–H groups in total. The van der Waals surface area contributed by atoms with Crippen molar-refractivity contribution in [2.75, 3.05) is 18.0 Å². The Hall–Kier alpha value is -1.29. The first-order valence-electron chi connectivity index (χ1n) is 5.76. The van der Waals surface area contributed by atoms with Gasteiger partial charge in [0.1, 0.15) is 5.82 Å². The molecule has 1 aromatic heterocycles. The molecule has 17 heavy (non-hydrogen) atoms. The second-order valence-electron chi connectivity index (χ2n) is 4.29. The molecule has 1 aromatic rings. The third-order valence-electron chi connectivity index (χ3n) is 2.92. The SMILES string of the molecule is CCN(CC1CC1)c1ccc(Cl)c(C(=O)O)n1. The molecule has 0 unspecified atom stereocenters. The van der Waals surface area contributed by atoms with Crippen molar-refractivity contribution in [3.63, 3.8) is 0 Å². The van der Waals surface area contributed by atoms with Crippen LogP contribution in [-0.2, 0) is 0 Å². The van der Waals surface area contributed by atoms with Gasteiger partial charge in [-0.15, -0.1) is 0 Å². The van der Waals surface area contributed by atoms with Gasteiger partial charge in [-0.1, -0.05) is 11.6 Å². The maximum Gasteiger partial charge on any atom is 0.356 e. The molecule has 1 aliphatic rings. The number of carboxylic acid groups (broad SMARTS) is 1. The summed E-state index contributed by atoms with van der Waals surface area (Å²) in [4.78, 5) is 17.2. The largest absolute Gasteiger partial charge is 0.476 e. The van der Waals surface area contributed by atoms with Gasteiger partial charge in [0, 0.05) is 13.1 Å². The van der Waals surface area contributed by atoms with E-state index in [0.717, 1.165) is 19.0 Å². The molecule has 0 aliphatic heterocycles. The second-order valence-corrected chi connectivity index (χ2v) is 4.69. The van der Waals surface area contributed by atoms with E-state index in [4.69, 9.17) is 16.7 Å². The fourth-order valence-corrected chi connectivity index (χ4v) is 1.94. The zero-order valence-corrected chi connectivity index (χ0v) is 10.4. The topological polar surface area (TPSA) is 53.4 Å². The van der Waals surface area contributed by atoms with Gasteiger partial charge < -0.3 is 10.0 Å². The molecule has 4 nitrogen and oxygen atoms in total. The Morgan fingerprint density at radius 1 is 1.59 bits per heavy atom. The fourth-order valence-electron chi connectivity index (χ4n) is 1.75. The normalized spacial score (nSPS) is 14.7. The lowest BCUT2D eigenvalue weighted by Crippen LogP contribution is -2.26. The van der Waals surface area contributed by atoms with Gasteiger partial charge in [-0.25, -0.2) is 9.78 Å². The van der Waals surface area contributed by atoms with Crippen molar-refractivity contribution in [1.82, 2.24) is 4.98 Å². The molecule has 2 rings (SSSR count). The lowest BCUT2D eigenvalue weighted by atomic mass is 10.3. The standard InChI is InChI=1S/C12H15ClN2O2/c1-2-15(7-8-3-4-8)10-6-5-9(13)11(14-10)12(16)17/h5-6,8H,2-4,7H2,1H3,(H,16,17). The van der Waals surface area contributed by atoms with Crippen LogP contribution in [-0.4, -0.2) is 29.1 Å². The van der Waals surface area contributed by atoms with Gasteiger partial charge in [0.15, 0.2) is 5.69 Å². The molecule has 92 valence electrons. The first kappa shape index (κ1) is 12.2. The van der Waals surface area contributed by atoms with Crippen LogP contribution in [0.25, 0.3) is 0 Å². The quantitative estimate of drug-likeness (QED) is 0.878. The van der Waals surface area contributed by atoms with Crippen LogP contribution in [0, 0.1) is 5.92 Å². The van der Waals surface area contributed by atoms with E-state index in [9.17, 15) is 4.79 Å². The van der Waals surface area contributed by atoms with Gasteiger partial charge >= 0.3 is 5.97 Å². The summed E-state index contributed by atoms with van der Waals surface area (Å²) in [7, 11) is 0. The van der Waals surface area contributed by atoms with Crippen LogP contribution in [0.5, 0.6) is 0 Å². The summed E-state index contributed by atoms with van der Waals surface area (Å²) in [5, 5.41) is 9.16. The molecule has 1 saturated carbocycles. The van der Waals surface area contributed by atoms with Crippen molar-refractivity contribution in [2.24, 2.45) is 5.92 Å². The molecule has 0 spiro atoms. The number of pyridine rings is 1. The van der Waals surface area contributed by atoms with Crippen molar-refractivity contribution in [1.29, 1.82) is 0 Å². The van der Waals surface area contributed by atoms with E-state index in [2.05, 4.69) is 9.88 Å². The predicted molar refractivity (Wildman–Crippen MR) is 66.8 cm³/mol. The lowest BCUT2D eigenvalue weighted by molar-refractivity contribution is 0.0691. The second kappa shape index (κ2) is 4.92. The van der Waals surface area contributed by atoms with Crippen LogP contribution in [0.1, 0.15) is 30.3 Å². The molecular weight excluding hydrogens is 240 g/mol. The van der Waals surface area contributed by atoms with Crippen molar-refractivity contribution in [3.8, 4) is 0 Å². The first-order chi connectivity index (χ1) is 8.11. The van der Waals surface area contributed by atoms with Gasteiger partial charge in [-0.05, 0) is 37.8 Å². The number of aromatic carboxylic acids is 1. The molecule has 5 heteroatoms. The van der Waals surface area contributed by atoms with E-state index < -0.39 is 5.97 Å². The average Bonchev–Trinajstić information content (AvgIpc) is 3.10. The third-order valence-corrected chi connectivity index (χ3v) is 3.22. The van der Waals surface area contributed by atoms with E-state index in [1.54, 1.807) is 12.1 Å². The number of carbonyl (C=O) groups is 1. The Morgan fingerprint density at radius 3 is 2.82 bits per heavy atom. The lowest BCUT2D eigenvalue weighted by Gasteiger charge is -2.22. The maximum absolute atomic E-state index is 11.0. The Labute approximate surface area is 105 Å². The number of carboxylic acids is 1. The van der Waals surface area contributed by atoms with Gasteiger partial charge in [0.2, 0.25) is 0 Å². The number of aromatic nitrogens is 1. The number of hydrogen-bond donors (Lipinski definition) is 1. The highest BCUT2D eigenvalue weighted by Gasteiger charge is 2.25. The molecule has 0 bridgehead atoms. The molecule has 1 heterocycles. The highest BCUT2D eigenvalue weighted by atomic mass is 35.5. The van der Waals surface area contributed by atoms with E-state index in [0.29, 0.717) is 5.82 Å². The fraction of sp³-hybridized carbons (Fsp3) is 0.500. The summed E-state index contributed by atoms with van der Waals surface area (Å²) in [6.07, 6.45) is 2.52. The van der Waals surface area contributed by atoms with Crippen molar-refractivity contribution in [3.05, 3.63) is 22.8 Å². The third kappa shape index (κ3) is 2.88. The summed E-state index contributed by atoms with van der Waals surface area (Å²) in [6.45, 7) is 3.81. The zero-order valence-electron chi connectivity index (χ0n) is 9.69. The highest BCUT2D eigenvalue weighted by Crippen LogP contribution is 2.31. The van der Waals surface area contributed by atoms with Crippen LogP contribution >= 0.6 is 11.6 Å². The van der Waals surface area contributed by atoms with E-state index in [-0.39, 0.29) is 10.7 Å². The zero-order chi connectivity index (χ0) is 12.4. The minimum Gasteiger partial charge on any atom is -0.476 e. The summed E-state index contributed by atoms with van der Waals surface area (Å²) in [5.41, 5.74) is -0.0709. The number of nitrogens with zero attached hydrogens (tertiary/aromatic N) is 2. The summed E-state index contributed by atoms with van der Waals surface area (Å²) in [5.74, 6) is 0.348. The van der Waals surface area contributed by atoms with Crippen molar-refractivity contribution in [2.45, 2.75) is 19.8 Å². The first-order valence-corrected chi connectivity index (χ1v) is 6.14. The smallest absolute Gasteiger partial charge is 0.356 e. The summed E-state index contributed by atoms with van der Waals surface area (Å²) in [6, 6.07) is 3.38. The van der Waals surface area contributed by atoms with Crippen LogP contribution in [0.15, 0.2) is 12.1 Å². The maximum atomic E-state index is 11.0. The van der Waals surface area contributed by atoms with Gasteiger partial charge in [0.05, 0.1) is 5.02 Å². The Bertz CT molecular complexity index is 433. The van der Waals surface area contributed by atoms with Gasteiger partial charge in [0.25, 0.3) is 0 Å². The monoisotopic (exact) mass is 254 g/mol. The number of rotatable bonds is 5. The average molecular weight is 255 g/mol. The summed E-state index contributed by atoms with van der Waals surface area (Å²) >= 11 is 5.80. The Kier molecular flexibility index (Phi) is 3.52. The van der Waals surface area contributed by atoms with E-state index in [1.807, 2.05) is 6.92 Å². The number of halogens is 1. The highest BCUT2D eigenvalue weighted by molar-refractivity contribution is 6.33. The molecular formula is C12H15ClN2O2. The molecule has 1 aliphatic carbocycles. The van der Waals surface area contributed by atoms with Crippen LogP contribution < -0.4 is 4.90 Å². The van der Waals surface area contributed by atoms with Gasteiger partial charge in [-0.2, -0.15) is 0 Å². The molecule has 0 saturated heterocycles. The predicted octanol–water partition coefficient (Wildman–Crippen LogP) is 2.67. The van der Waals surface area contributed by atoms with Crippen molar-refractivity contribution < 1.29 is 9.90 Å². The number of hydrogen-bond acceptors (Lipinski definition) is 3. The van der Waals surface area contributed by atoms with Crippen LogP contribution in [0.2, 0.25) is 5.02 Å². The molecule has 0 amide bonds. The minimum atomic E-state index is -1.08. The summed E-state index contributed by atoms with van der Waals surface area (Å²) < 4.78 is 0. The van der Waals surface area contributed by atoms with E-state index in [1.165, 1.54) is 12.8 Å². The molecule has 1 fully saturated rings. The minimum absolute atomic E-state index is 0.0709. The van der Waals surface area contributed by atoms with Gasteiger partial charge in [-0.3, -0.25) is 0 Å². The molecule has 0 aromatic carbocycles. The molecule has 0 radical (unpaired) electrons. The van der Waals surface area contributed by atoms with Crippen molar-refractivity contribution >= 4 is 23.4 Å². The number of anilines is 1.